The summed E-state index contributed by atoms with van der Waals surface area (Å²) >= 11 is 0. The Morgan fingerprint density at radius 1 is 1.75 bits per heavy atom. The van der Waals surface area contributed by atoms with Gasteiger partial charge in [0.05, 0.1) is 6.54 Å². The molecule has 1 unspecified atom stereocenters. The first-order chi connectivity index (χ1) is 5.72. The molecule has 0 aliphatic carbocycles. The van der Waals surface area contributed by atoms with Crippen molar-refractivity contribution in [1.82, 2.24) is 10.2 Å². The standard InChI is InChI=1S/C8H14N2O2/c1-7-5-10(3-2-4-11)6-8(12)9-7/h4,7H,2-3,5-6H2,1H3,(H,9,12). The van der Waals surface area contributed by atoms with Gasteiger partial charge in [-0.3, -0.25) is 9.69 Å². The van der Waals surface area contributed by atoms with Crippen molar-refractivity contribution in [3.05, 3.63) is 0 Å². The number of nitrogens with one attached hydrogen (secondary N) is 1. The van der Waals surface area contributed by atoms with Crippen LogP contribution in [0.5, 0.6) is 0 Å². The summed E-state index contributed by atoms with van der Waals surface area (Å²) in [5.41, 5.74) is 0. The second kappa shape index (κ2) is 4.21. The largest absolute Gasteiger partial charge is 0.351 e. The fraction of sp³-hybridized carbons (Fsp3) is 0.750. The Morgan fingerprint density at radius 2 is 2.50 bits per heavy atom. The fourth-order valence-electron chi connectivity index (χ4n) is 1.43. The first kappa shape index (κ1) is 9.19. The fourth-order valence-corrected chi connectivity index (χ4v) is 1.43. The molecule has 1 aliphatic rings. The maximum atomic E-state index is 11.0. The van der Waals surface area contributed by atoms with E-state index in [1.807, 2.05) is 11.8 Å². The summed E-state index contributed by atoms with van der Waals surface area (Å²) in [5.74, 6) is 0.0552. The van der Waals surface area contributed by atoms with E-state index in [1.165, 1.54) is 0 Å². The van der Waals surface area contributed by atoms with Crippen LogP contribution < -0.4 is 5.32 Å². The Labute approximate surface area is 71.9 Å². The van der Waals surface area contributed by atoms with Crippen molar-refractivity contribution in [3.8, 4) is 0 Å². The van der Waals surface area contributed by atoms with Crippen LogP contribution in [0.1, 0.15) is 13.3 Å². The van der Waals surface area contributed by atoms with Gasteiger partial charge in [-0.25, -0.2) is 0 Å². The zero-order valence-corrected chi connectivity index (χ0v) is 7.25. The summed E-state index contributed by atoms with van der Waals surface area (Å²) in [6, 6.07) is 0.206. The lowest BCUT2D eigenvalue weighted by molar-refractivity contribution is -0.125. The SMILES string of the molecule is CC1CN(CCC=O)CC(=O)N1. The molecule has 4 heteroatoms. The number of carbonyl (C=O) groups excluding carboxylic acids is 2. The lowest BCUT2D eigenvalue weighted by atomic mass is 10.2. The minimum atomic E-state index is 0.0552. The molecule has 1 fully saturated rings. The lowest BCUT2D eigenvalue weighted by Crippen LogP contribution is -2.52. The van der Waals surface area contributed by atoms with Crippen molar-refractivity contribution < 1.29 is 9.59 Å². The predicted octanol–water partition coefficient (Wildman–Crippen LogP) is -0.604. The van der Waals surface area contributed by atoms with E-state index in [1.54, 1.807) is 0 Å². The van der Waals surface area contributed by atoms with E-state index in [0.717, 1.165) is 12.8 Å². The normalized spacial score (nSPS) is 25.1. The molecule has 1 saturated heterocycles. The summed E-state index contributed by atoms with van der Waals surface area (Å²) in [4.78, 5) is 23.1. The number of nitrogens with zero attached hydrogens (tertiary/aromatic N) is 1. The molecule has 4 nitrogen and oxygen atoms in total. The van der Waals surface area contributed by atoms with Crippen molar-refractivity contribution in [2.24, 2.45) is 0 Å². The molecule has 0 bridgehead atoms. The number of aldehydes is 1. The lowest BCUT2D eigenvalue weighted by Gasteiger charge is -2.30. The highest BCUT2D eigenvalue weighted by atomic mass is 16.2. The van der Waals surface area contributed by atoms with Gasteiger partial charge in [0, 0.05) is 25.6 Å². The Kier molecular flexibility index (Phi) is 3.22. The van der Waals surface area contributed by atoms with E-state index in [-0.39, 0.29) is 11.9 Å². The van der Waals surface area contributed by atoms with E-state index < -0.39 is 0 Å². The second-order valence-corrected chi connectivity index (χ2v) is 3.16. The number of piperazine rings is 1. The molecule has 12 heavy (non-hydrogen) atoms. The molecule has 0 aromatic heterocycles. The van der Waals surface area contributed by atoms with Crippen LogP contribution in [0.2, 0.25) is 0 Å². The quantitative estimate of drug-likeness (QED) is 0.575. The number of rotatable bonds is 3. The molecule has 0 saturated carbocycles. The van der Waals surface area contributed by atoms with Gasteiger partial charge in [0.2, 0.25) is 5.91 Å². The van der Waals surface area contributed by atoms with Crippen LogP contribution in [-0.4, -0.2) is 42.8 Å². The minimum absolute atomic E-state index is 0.0552. The average Bonchev–Trinajstić information content (AvgIpc) is 1.99. The van der Waals surface area contributed by atoms with Gasteiger partial charge in [-0.05, 0) is 6.92 Å². The Balaban J connectivity index is 2.33. The van der Waals surface area contributed by atoms with Crippen molar-refractivity contribution in [2.75, 3.05) is 19.6 Å². The highest BCUT2D eigenvalue weighted by Gasteiger charge is 2.20. The second-order valence-electron chi connectivity index (χ2n) is 3.16. The number of hydrogen-bond donors (Lipinski definition) is 1. The summed E-state index contributed by atoms with van der Waals surface area (Å²) in [6.07, 6.45) is 1.40. The molecule has 1 aliphatic heterocycles. The van der Waals surface area contributed by atoms with E-state index in [0.29, 0.717) is 19.5 Å². The van der Waals surface area contributed by atoms with Gasteiger partial charge < -0.3 is 10.1 Å². The number of amides is 1. The number of carbonyl (C=O) groups is 2. The molecule has 0 radical (unpaired) electrons. The third-order valence-electron chi connectivity index (χ3n) is 1.87. The highest BCUT2D eigenvalue weighted by Crippen LogP contribution is 1.99. The molecule has 0 aromatic rings. The molecule has 1 heterocycles. The van der Waals surface area contributed by atoms with Gasteiger partial charge >= 0.3 is 0 Å². The van der Waals surface area contributed by atoms with Crippen LogP contribution in [0.3, 0.4) is 0 Å². The van der Waals surface area contributed by atoms with Crippen LogP contribution in [0.4, 0.5) is 0 Å². The zero-order valence-electron chi connectivity index (χ0n) is 7.25. The van der Waals surface area contributed by atoms with Gasteiger partial charge in [-0.15, -0.1) is 0 Å². The highest BCUT2D eigenvalue weighted by molar-refractivity contribution is 5.79. The maximum Gasteiger partial charge on any atom is 0.234 e. The van der Waals surface area contributed by atoms with Crippen LogP contribution >= 0.6 is 0 Å². The van der Waals surface area contributed by atoms with Gasteiger partial charge in [0.15, 0.2) is 0 Å². The van der Waals surface area contributed by atoms with E-state index in [9.17, 15) is 9.59 Å². The summed E-state index contributed by atoms with van der Waals surface area (Å²) in [7, 11) is 0. The summed E-state index contributed by atoms with van der Waals surface area (Å²) in [5, 5.41) is 2.82. The van der Waals surface area contributed by atoms with Crippen molar-refractivity contribution in [3.63, 3.8) is 0 Å². The smallest absolute Gasteiger partial charge is 0.234 e. The van der Waals surface area contributed by atoms with Crippen LogP contribution in [0.15, 0.2) is 0 Å². The average molecular weight is 170 g/mol. The topological polar surface area (TPSA) is 49.4 Å². The van der Waals surface area contributed by atoms with Crippen molar-refractivity contribution in [1.29, 1.82) is 0 Å². The Bertz CT molecular complexity index is 182. The zero-order chi connectivity index (χ0) is 8.97. The Hall–Kier alpha value is -0.900. The Morgan fingerprint density at radius 3 is 3.08 bits per heavy atom. The monoisotopic (exact) mass is 170 g/mol. The third-order valence-corrected chi connectivity index (χ3v) is 1.87. The molecule has 1 rings (SSSR count). The molecule has 0 spiro atoms. The molecule has 1 amide bonds. The maximum absolute atomic E-state index is 11.0. The molecular weight excluding hydrogens is 156 g/mol. The van der Waals surface area contributed by atoms with Crippen LogP contribution in [0.25, 0.3) is 0 Å². The van der Waals surface area contributed by atoms with Gasteiger partial charge in [0.1, 0.15) is 6.29 Å². The predicted molar refractivity (Wildman–Crippen MR) is 44.7 cm³/mol. The van der Waals surface area contributed by atoms with E-state index in [2.05, 4.69) is 5.32 Å². The third kappa shape index (κ3) is 2.62. The van der Waals surface area contributed by atoms with E-state index in [4.69, 9.17) is 0 Å². The number of hydrogen-bond acceptors (Lipinski definition) is 3. The van der Waals surface area contributed by atoms with Gasteiger partial charge in [0.25, 0.3) is 0 Å². The first-order valence-corrected chi connectivity index (χ1v) is 4.17. The van der Waals surface area contributed by atoms with Gasteiger partial charge in [-0.1, -0.05) is 0 Å². The van der Waals surface area contributed by atoms with Crippen molar-refractivity contribution >= 4 is 12.2 Å². The first-order valence-electron chi connectivity index (χ1n) is 4.17. The molecule has 1 atom stereocenters. The van der Waals surface area contributed by atoms with Crippen molar-refractivity contribution in [2.45, 2.75) is 19.4 Å². The molecule has 68 valence electrons. The summed E-state index contributed by atoms with van der Waals surface area (Å²) in [6.45, 7) is 3.93. The molecule has 0 aromatic carbocycles. The van der Waals surface area contributed by atoms with Gasteiger partial charge in [-0.2, -0.15) is 0 Å². The van der Waals surface area contributed by atoms with Crippen LogP contribution in [0, 0.1) is 0 Å². The molecule has 1 N–H and O–H groups in total. The minimum Gasteiger partial charge on any atom is -0.351 e. The van der Waals surface area contributed by atoms with Crippen LogP contribution in [-0.2, 0) is 9.59 Å². The molecular formula is C8H14N2O2. The van der Waals surface area contributed by atoms with E-state index >= 15 is 0 Å². The summed E-state index contributed by atoms with van der Waals surface area (Å²) < 4.78 is 0.